The van der Waals surface area contributed by atoms with Gasteiger partial charge < -0.3 is 5.73 Å². The number of nitrogens with zero attached hydrogens (tertiary/aromatic N) is 2. The molecule has 1 heterocycles. The molecule has 0 atom stereocenters. The maximum atomic E-state index is 12.7. The molecule has 1 aromatic carbocycles. The third-order valence-electron chi connectivity index (χ3n) is 2.45. The predicted molar refractivity (Wildman–Crippen MR) is 60.7 cm³/mol. The molecule has 7 heteroatoms. The molecule has 100 valence electrons. The lowest BCUT2D eigenvalue weighted by Gasteiger charge is -2.09. The number of hydrogen-bond acceptors (Lipinski definition) is 3. The lowest BCUT2D eigenvalue weighted by molar-refractivity contribution is -0.141. The van der Waals surface area contributed by atoms with Gasteiger partial charge in [-0.25, -0.2) is 14.4 Å². The summed E-state index contributed by atoms with van der Waals surface area (Å²) < 4.78 is 50.2. The molecule has 0 unspecified atom stereocenters. The molecule has 0 saturated carbocycles. The third kappa shape index (κ3) is 3.18. The first-order valence-electron chi connectivity index (χ1n) is 5.29. The Morgan fingerprint density at radius 2 is 1.74 bits per heavy atom. The molecule has 0 aliphatic rings. The summed E-state index contributed by atoms with van der Waals surface area (Å²) in [5.74, 6) is -0.496. The molecular formula is C12H9F4N3. The molecule has 3 nitrogen and oxygen atoms in total. The Hall–Kier alpha value is -2.18. The quantitative estimate of drug-likeness (QED) is 0.854. The zero-order valence-electron chi connectivity index (χ0n) is 9.58. The van der Waals surface area contributed by atoms with E-state index in [0.717, 1.165) is 0 Å². The Labute approximate surface area is 106 Å². The molecule has 0 amide bonds. The Morgan fingerprint density at radius 3 is 2.32 bits per heavy atom. The number of halogens is 4. The summed E-state index contributed by atoms with van der Waals surface area (Å²) in [4.78, 5) is 6.94. The van der Waals surface area contributed by atoms with E-state index in [1.165, 1.54) is 24.3 Å². The molecule has 19 heavy (non-hydrogen) atoms. The number of benzene rings is 1. The second-order valence-corrected chi connectivity index (χ2v) is 3.89. The molecule has 0 fully saturated rings. The van der Waals surface area contributed by atoms with E-state index < -0.39 is 17.7 Å². The van der Waals surface area contributed by atoms with Gasteiger partial charge >= 0.3 is 6.18 Å². The van der Waals surface area contributed by atoms with Crippen molar-refractivity contribution in [2.45, 2.75) is 12.6 Å². The third-order valence-corrected chi connectivity index (χ3v) is 2.45. The van der Waals surface area contributed by atoms with Crippen molar-refractivity contribution < 1.29 is 17.6 Å². The second kappa shape index (κ2) is 4.83. The van der Waals surface area contributed by atoms with Crippen LogP contribution in [0.15, 0.2) is 30.5 Å². The van der Waals surface area contributed by atoms with E-state index in [2.05, 4.69) is 9.97 Å². The van der Waals surface area contributed by atoms with E-state index >= 15 is 0 Å². The molecule has 0 aliphatic carbocycles. The minimum Gasteiger partial charge on any atom is -0.382 e. The molecule has 2 rings (SSSR count). The van der Waals surface area contributed by atoms with Gasteiger partial charge in [-0.1, -0.05) is 12.1 Å². The van der Waals surface area contributed by atoms with E-state index in [9.17, 15) is 17.6 Å². The van der Waals surface area contributed by atoms with Crippen LogP contribution in [0.4, 0.5) is 23.4 Å². The number of alkyl halides is 3. The van der Waals surface area contributed by atoms with Crippen LogP contribution in [0, 0.1) is 5.82 Å². The summed E-state index contributed by atoms with van der Waals surface area (Å²) in [6, 6.07) is 5.34. The van der Waals surface area contributed by atoms with Gasteiger partial charge in [0, 0.05) is 6.42 Å². The first-order valence-corrected chi connectivity index (χ1v) is 5.29. The van der Waals surface area contributed by atoms with Gasteiger partial charge in [0.2, 0.25) is 0 Å². The van der Waals surface area contributed by atoms with Gasteiger partial charge in [0.05, 0.1) is 11.9 Å². The highest BCUT2D eigenvalue weighted by atomic mass is 19.4. The van der Waals surface area contributed by atoms with Gasteiger partial charge in [-0.3, -0.25) is 0 Å². The van der Waals surface area contributed by atoms with Gasteiger partial charge in [0.25, 0.3) is 0 Å². The Kier molecular flexibility index (Phi) is 3.37. The summed E-state index contributed by atoms with van der Waals surface area (Å²) in [7, 11) is 0. The van der Waals surface area contributed by atoms with Crippen molar-refractivity contribution in [3.05, 3.63) is 53.2 Å². The van der Waals surface area contributed by atoms with Crippen molar-refractivity contribution >= 4 is 5.82 Å². The van der Waals surface area contributed by atoms with Crippen LogP contribution in [-0.4, -0.2) is 9.97 Å². The number of nitrogen functional groups attached to an aromatic ring is 1. The fourth-order valence-electron chi connectivity index (χ4n) is 1.50. The Bertz CT molecular complexity index is 579. The average Bonchev–Trinajstić information content (AvgIpc) is 2.33. The number of aromatic nitrogens is 2. The van der Waals surface area contributed by atoms with E-state index in [4.69, 9.17) is 5.73 Å². The minimum atomic E-state index is -4.57. The zero-order chi connectivity index (χ0) is 14.0. The maximum Gasteiger partial charge on any atom is 0.434 e. The summed E-state index contributed by atoms with van der Waals surface area (Å²) >= 11 is 0. The summed E-state index contributed by atoms with van der Waals surface area (Å²) in [5.41, 5.74) is 5.01. The Balaban J connectivity index is 2.31. The van der Waals surface area contributed by atoms with Crippen LogP contribution in [0.1, 0.15) is 17.0 Å². The van der Waals surface area contributed by atoms with Gasteiger partial charge in [-0.15, -0.1) is 0 Å². The standard InChI is InChI=1S/C12H9F4N3/c13-8-3-1-7(2-4-8)5-9-11(17)18-6-10(19-9)12(14,15)16/h1-4,6H,5H2,(H2,17,18). The average molecular weight is 271 g/mol. The van der Waals surface area contributed by atoms with Gasteiger partial charge in [-0.2, -0.15) is 13.2 Å². The first-order chi connectivity index (χ1) is 8.86. The zero-order valence-corrected chi connectivity index (χ0v) is 9.58. The molecule has 1 aromatic heterocycles. The lowest BCUT2D eigenvalue weighted by atomic mass is 10.1. The number of anilines is 1. The van der Waals surface area contributed by atoms with Crippen LogP contribution in [0.25, 0.3) is 0 Å². The highest BCUT2D eigenvalue weighted by Crippen LogP contribution is 2.28. The molecule has 0 saturated heterocycles. The van der Waals surface area contributed by atoms with Crippen molar-refractivity contribution in [2.24, 2.45) is 0 Å². The van der Waals surface area contributed by atoms with E-state index in [-0.39, 0.29) is 17.9 Å². The first kappa shape index (κ1) is 13.3. The van der Waals surface area contributed by atoms with E-state index in [1.54, 1.807) is 0 Å². The Morgan fingerprint density at radius 1 is 1.11 bits per heavy atom. The van der Waals surface area contributed by atoms with Gasteiger partial charge in [-0.05, 0) is 17.7 Å². The van der Waals surface area contributed by atoms with Crippen LogP contribution in [0.3, 0.4) is 0 Å². The fourth-order valence-corrected chi connectivity index (χ4v) is 1.50. The second-order valence-electron chi connectivity index (χ2n) is 3.89. The van der Waals surface area contributed by atoms with Crippen LogP contribution < -0.4 is 5.73 Å². The number of rotatable bonds is 2. The topological polar surface area (TPSA) is 51.8 Å². The SMILES string of the molecule is Nc1ncc(C(F)(F)F)nc1Cc1ccc(F)cc1. The van der Waals surface area contributed by atoms with Gasteiger partial charge in [0.1, 0.15) is 11.6 Å². The number of nitrogens with two attached hydrogens (primary N) is 1. The molecule has 0 spiro atoms. The van der Waals surface area contributed by atoms with Crippen molar-refractivity contribution in [3.63, 3.8) is 0 Å². The fraction of sp³-hybridized carbons (Fsp3) is 0.167. The molecule has 0 bridgehead atoms. The number of hydrogen-bond donors (Lipinski definition) is 1. The van der Waals surface area contributed by atoms with Crippen LogP contribution in [0.5, 0.6) is 0 Å². The van der Waals surface area contributed by atoms with Crippen LogP contribution in [-0.2, 0) is 12.6 Å². The predicted octanol–water partition coefficient (Wildman–Crippen LogP) is 2.81. The van der Waals surface area contributed by atoms with Crippen LogP contribution >= 0.6 is 0 Å². The van der Waals surface area contributed by atoms with Crippen molar-refractivity contribution in [1.82, 2.24) is 9.97 Å². The lowest BCUT2D eigenvalue weighted by Crippen LogP contribution is -2.12. The summed E-state index contributed by atoms with van der Waals surface area (Å²) in [6.07, 6.45) is -3.93. The molecule has 0 aliphatic heterocycles. The van der Waals surface area contributed by atoms with E-state index in [0.29, 0.717) is 11.8 Å². The maximum absolute atomic E-state index is 12.7. The van der Waals surface area contributed by atoms with Crippen molar-refractivity contribution in [1.29, 1.82) is 0 Å². The van der Waals surface area contributed by atoms with Crippen LogP contribution in [0.2, 0.25) is 0 Å². The molecular weight excluding hydrogens is 262 g/mol. The largest absolute Gasteiger partial charge is 0.434 e. The van der Waals surface area contributed by atoms with Crippen molar-refractivity contribution in [2.75, 3.05) is 5.73 Å². The molecule has 2 aromatic rings. The normalized spacial score (nSPS) is 11.6. The molecule has 2 N–H and O–H groups in total. The molecule has 0 radical (unpaired) electrons. The summed E-state index contributed by atoms with van der Waals surface area (Å²) in [5, 5.41) is 0. The minimum absolute atomic E-state index is 0.0152. The van der Waals surface area contributed by atoms with Gasteiger partial charge in [0.15, 0.2) is 5.69 Å². The summed E-state index contributed by atoms with van der Waals surface area (Å²) in [6.45, 7) is 0. The highest BCUT2D eigenvalue weighted by Gasteiger charge is 2.33. The van der Waals surface area contributed by atoms with Crippen molar-refractivity contribution in [3.8, 4) is 0 Å². The monoisotopic (exact) mass is 271 g/mol. The van der Waals surface area contributed by atoms with E-state index in [1.807, 2.05) is 0 Å². The smallest absolute Gasteiger partial charge is 0.382 e. The highest BCUT2D eigenvalue weighted by molar-refractivity contribution is 5.38.